The van der Waals surface area contributed by atoms with Gasteiger partial charge in [-0.25, -0.2) is 0 Å². The molecule has 0 atom stereocenters. The summed E-state index contributed by atoms with van der Waals surface area (Å²) in [5.41, 5.74) is 1.43. The Morgan fingerprint density at radius 2 is 1.56 bits per heavy atom. The molecule has 2 aromatic carbocycles. The largest absolute Gasteiger partial charge is 0.494 e. The maximum atomic E-state index is 6.06. The number of halogens is 1. The second kappa shape index (κ2) is 9.69. The predicted octanol–water partition coefficient (Wildman–Crippen LogP) is 5.05. The number of hydrogen-bond donors (Lipinski definition) is 1. The molecule has 3 rings (SSSR count). The van der Waals surface area contributed by atoms with Crippen LogP contribution in [0.2, 0.25) is 5.02 Å². The molecule has 0 spiro atoms. The fourth-order valence-electron chi connectivity index (χ4n) is 3.13. The predicted molar refractivity (Wildman–Crippen MR) is 103 cm³/mol. The van der Waals surface area contributed by atoms with E-state index in [1.165, 1.54) is 18.4 Å². The number of benzene rings is 2. The lowest BCUT2D eigenvalue weighted by atomic mass is 9.90. The van der Waals surface area contributed by atoms with Gasteiger partial charge in [-0.3, -0.25) is 0 Å². The van der Waals surface area contributed by atoms with Crippen molar-refractivity contribution in [3.63, 3.8) is 0 Å². The smallest absolute Gasteiger partial charge is 0.137 e. The van der Waals surface area contributed by atoms with Gasteiger partial charge in [-0.05, 0) is 74.5 Å². The molecule has 2 aromatic rings. The Labute approximate surface area is 155 Å². The second-order valence-corrected chi connectivity index (χ2v) is 6.83. The molecule has 0 saturated carbocycles. The zero-order chi connectivity index (χ0) is 17.3. The summed E-state index contributed by atoms with van der Waals surface area (Å²) in [6, 6.07) is 16.2. The summed E-state index contributed by atoms with van der Waals surface area (Å²) < 4.78 is 11.5. The van der Waals surface area contributed by atoms with Crippen LogP contribution >= 0.6 is 11.6 Å². The van der Waals surface area contributed by atoms with Gasteiger partial charge in [0.15, 0.2) is 0 Å². The molecule has 0 aliphatic carbocycles. The van der Waals surface area contributed by atoms with Crippen molar-refractivity contribution in [1.29, 1.82) is 0 Å². The van der Waals surface area contributed by atoms with Crippen LogP contribution in [0.25, 0.3) is 0 Å². The molecule has 1 saturated heterocycles. The van der Waals surface area contributed by atoms with E-state index in [9.17, 15) is 0 Å². The molecule has 4 heteroatoms. The van der Waals surface area contributed by atoms with Gasteiger partial charge in [0.25, 0.3) is 0 Å². The van der Waals surface area contributed by atoms with Crippen LogP contribution in [0.3, 0.4) is 0 Å². The van der Waals surface area contributed by atoms with Gasteiger partial charge >= 0.3 is 0 Å². The molecule has 1 heterocycles. The van der Waals surface area contributed by atoms with Crippen molar-refractivity contribution in [2.75, 3.05) is 26.3 Å². The zero-order valence-electron chi connectivity index (χ0n) is 14.5. The van der Waals surface area contributed by atoms with Gasteiger partial charge in [0.1, 0.15) is 11.5 Å². The number of ether oxygens (including phenoxy) is 2. The average Bonchev–Trinajstić information content (AvgIpc) is 2.67. The van der Waals surface area contributed by atoms with Crippen LogP contribution in [0.5, 0.6) is 11.5 Å². The van der Waals surface area contributed by atoms with Gasteiger partial charge in [-0.1, -0.05) is 35.9 Å². The first kappa shape index (κ1) is 18.1. The van der Waals surface area contributed by atoms with Crippen LogP contribution in [0.4, 0.5) is 0 Å². The normalized spacial score (nSPS) is 15.1. The standard InChI is InChI=1S/C21H26ClNO2/c22-20-5-1-2-6-21(20)25-16-4-3-15-24-19-9-7-17(8-10-19)18-11-13-23-14-12-18/h1-2,5-10,18,23H,3-4,11-16H2. The van der Waals surface area contributed by atoms with E-state index in [1.807, 2.05) is 24.3 Å². The molecule has 0 aromatic heterocycles. The quantitative estimate of drug-likeness (QED) is 0.669. The molecule has 1 aliphatic rings. The van der Waals surface area contributed by atoms with E-state index in [0.29, 0.717) is 24.2 Å². The van der Waals surface area contributed by atoms with Crippen molar-refractivity contribution in [1.82, 2.24) is 5.32 Å². The summed E-state index contributed by atoms with van der Waals surface area (Å²) in [5.74, 6) is 2.39. The Morgan fingerprint density at radius 1 is 0.880 bits per heavy atom. The molecule has 0 radical (unpaired) electrons. The van der Waals surface area contributed by atoms with E-state index in [2.05, 4.69) is 29.6 Å². The van der Waals surface area contributed by atoms with Gasteiger partial charge in [0.05, 0.1) is 18.2 Å². The second-order valence-electron chi connectivity index (χ2n) is 6.43. The Kier molecular flexibility index (Phi) is 7.01. The van der Waals surface area contributed by atoms with E-state index in [1.54, 1.807) is 0 Å². The number of nitrogens with one attached hydrogen (secondary N) is 1. The van der Waals surface area contributed by atoms with E-state index in [-0.39, 0.29) is 0 Å². The monoisotopic (exact) mass is 359 g/mol. The first-order valence-electron chi connectivity index (χ1n) is 9.14. The summed E-state index contributed by atoms with van der Waals surface area (Å²) in [7, 11) is 0. The first-order valence-corrected chi connectivity index (χ1v) is 9.51. The van der Waals surface area contributed by atoms with Gasteiger partial charge in [0, 0.05) is 0 Å². The van der Waals surface area contributed by atoms with E-state index >= 15 is 0 Å². The molecule has 1 aliphatic heterocycles. The molecule has 3 nitrogen and oxygen atoms in total. The van der Waals surface area contributed by atoms with Crippen LogP contribution < -0.4 is 14.8 Å². The lowest BCUT2D eigenvalue weighted by molar-refractivity contribution is 0.266. The van der Waals surface area contributed by atoms with Gasteiger partial charge < -0.3 is 14.8 Å². The third-order valence-electron chi connectivity index (χ3n) is 4.59. The average molecular weight is 360 g/mol. The lowest BCUT2D eigenvalue weighted by Gasteiger charge is -2.23. The number of para-hydroxylation sites is 1. The summed E-state index contributed by atoms with van der Waals surface area (Å²) in [6.07, 6.45) is 4.36. The van der Waals surface area contributed by atoms with E-state index in [0.717, 1.165) is 37.4 Å². The highest BCUT2D eigenvalue weighted by molar-refractivity contribution is 6.32. The molecule has 0 unspecified atom stereocenters. The minimum atomic E-state index is 0.655. The van der Waals surface area contributed by atoms with E-state index < -0.39 is 0 Å². The van der Waals surface area contributed by atoms with Crippen molar-refractivity contribution >= 4 is 11.6 Å². The molecular weight excluding hydrogens is 334 g/mol. The van der Waals surface area contributed by atoms with Crippen molar-refractivity contribution < 1.29 is 9.47 Å². The topological polar surface area (TPSA) is 30.5 Å². The van der Waals surface area contributed by atoms with Crippen molar-refractivity contribution in [3.05, 3.63) is 59.1 Å². The maximum absolute atomic E-state index is 6.06. The number of piperidine rings is 1. The van der Waals surface area contributed by atoms with Gasteiger partial charge in [-0.2, -0.15) is 0 Å². The van der Waals surface area contributed by atoms with Crippen molar-refractivity contribution in [2.24, 2.45) is 0 Å². The minimum Gasteiger partial charge on any atom is -0.494 e. The molecule has 0 amide bonds. The highest BCUT2D eigenvalue weighted by Gasteiger charge is 2.14. The van der Waals surface area contributed by atoms with Gasteiger partial charge in [0.2, 0.25) is 0 Å². The van der Waals surface area contributed by atoms with E-state index in [4.69, 9.17) is 21.1 Å². The number of rotatable bonds is 8. The highest BCUT2D eigenvalue weighted by Crippen LogP contribution is 2.27. The van der Waals surface area contributed by atoms with Crippen molar-refractivity contribution in [2.45, 2.75) is 31.6 Å². The molecule has 134 valence electrons. The maximum Gasteiger partial charge on any atom is 0.137 e. The summed E-state index contributed by atoms with van der Waals surface area (Å²) >= 11 is 6.06. The van der Waals surface area contributed by atoms with Crippen LogP contribution in [0.15, 0.2) is 48.5 Å². The van der Waals surface area contributed by atoms with Crippen LogP contribution in [0, 0.1) is 0 Å². The molecule has 1 N–H and O–H groups in total. The first-order chi connectivity index (χ1) is 12.3. The Balaban J connectivity index is 1.33. The highest BCUT2D eigenvalue weighted by atomic mass is 35.5. The van der Waals surface area contributed by atoms with Crippen molar-refractivity contribution in [3.8, 4) is 11.5 Å². The summed E-state index contributed by atoms with van der Waals surface area (Å²) in [5, 5.41) is 4.07. The number of hydrogen-bond acceptors (Lipinski definition) is 3. The minimum absolute atomic E-state index is 0.655. The summed E-state index contributed by atoms with van der Waals surface area (Å²) in [4.78, 5) is 0. The summed E-state index contributed by atoms with van der Waals surface area (Å²) in [6.45, 7) is 3.61. The molecule has 25 heavy (non-hydrogen) atoms. The fraction of sp³-hybridized carbons (Fsp3) is 0.429. The lowest BCUT2D eigenvalue weighted by Crippen LogP contribution is -2.26. The zero-order valence-corrected chi connectivity index (χ0v) is 15.3. The Bertz CT molecular complexity index is 639. The van der Waals surface area contributed by atoms with Crippen LogP contribution in [-0.4, -0.2) is 26.3 Å². The molecule has 0 bridgehead atoms. The Hall–Kier alpha value is -1.71. The third-order valence-corrected chi connectivity index (χ3v) is 4.90. The molecule has 1 fully saturated rings. The SMILES string of the molecule is Clc1ccccc1OCCCCOc1ccc(C2CCNCC2)cc1. The number of unbranched alkanes of at least 4 members (excludes halogenated alkanes) is 1. The fourth-order valence-corrected chi connectivity index (χ4v) is 3.32. The van der Waals surface area contributed by atoms with Gasteiger partial charge in [-0.15, -0.1) is 0 Å². The van der Waals surface area contributed by atoms with Crippen LogP contribution in [0.1, 0.15) is 37.2 Å². The molecular formula is C21H26ClNO2. The Morgan fingerprint density at radius 3 is 2.28 bits per heavy atom. The van der Waals surface area contributed by atoms with Crippen LogP contribution in [-0.2, 0) is 0 Å². The third kappa shape index (κ3) is 5.65.